The molecule has 9 heteroatoms. The molecule has 0 atom stereocenters. The second-order valence-corrected chi connectivity index (χ2v) is 6.90. The zero-order chi connectivity index (χ0) is 21.0. The first-order chi connectivity index (χ1) is 13.8. The first-order valence-corrected chi connectivity index (χ1v) is 9.37. The number of hydrogen-bond acceptors (Lipinski definition) is 6. The first kappa shape index (κ1) is 20.2. The van der Waals surface area contributed by atoms with Crippen LogP contribution in [-0.4, -0.2) is 63.7 Å². The van der Waals surface area contributed by atoms with Crippen LogP contribution in [0.25, 0.3) is 0 Å². The van der Waals surface area contributed by atoms with Crippen LogP contribution in [0.15, 0.2) is 30.3 Å². The van der Waals surface area contributed by atoms with Crippen LogP contribution in [0, 0.1) is 6.92 Å². The number of carbonyl (C=O) groups is 3. The van der Waals surface area contributed by atoms with E-state index >= 15 is 0 Å². The molecule has 0 unspecified atom stereocenters. The molecule has 0 radical (unpaired) electrons. The minimum absolute atomic E-state index is 0.0166. The summed E-state index contributed by atoms with van der Waals surface area (Å²) in [5.74, 6) is -0.0286. The number of aromatic nitrogens is 2. The van der Waals surface area contributed by atoms with Crippen LogP contribution < -0.4 is 10.6 Å². The number of carbonyl (C=O) groups excluding carboxylic acids is 3. The summed E-state index contributed by atoms with van der Waals surface area (Å²) in [6.45, 7) is 6.76. The van der Waals surface area contributed by atoms with Gasteiger partial charge in [-0.15, -0.1) is 0 Å². The highest BCUT2D eigenvalue weighted by atomic mass is 16.2. The Hall–Kier alpha value is -3.49. The Labute approximate surface area is 169 Å². The summed E-state index contributed by atoms with van der Waals surface area (Å²) >= 11 is 0. The fourth-order valence-corrected chi connectivity index (χ4v) is 3.13. The molecule has 0 saturated carbocycles. The van der Waals surface area contributed by atoms with Crippen molar-refractivity contribution in [3.8, 4) is 0 Å². The van der Waals surface area contributed by atoms with Crippen molar-refractivity contribution < 1.29 is 14.4 Å². The number of amides is 3. The molecular formula is C20H24N6O3. The van der Waals surface area contributed by atoms with E-state index in [4.69, 9.17) is 0 Å². The van der Waals surface area contributed by atoms with E-state index in [-0.39, 0.29) is 17.7 Å². The van der Waals surface area contributed by atoms with Crippen molar-refractivity contribution in [1.29, 1.82) is 0 Å². The van der Waals surface area contributed by atoms with Crippen molar-refractivity contribution in [3.05, 3.63) is 41.7 Å². The summed E-state index contributed by atoms with van der Waals surface area (Å²) in [6.07, 6.45) is 0. The average Bonchev–Trinajstić information content (AvgIpc) is 2.67. The van der Waals surface area contributed by atoms with Crippen molar-refractivity contribution >= 4 is 35.0 Å². The van der Waals surface area contributed by atoms with Gasteiger partial charge in [0.05, 0.1) is 0 Å². The Morgan fingerprint density at radius 2 is 1.59 bits per heavy atom. The Kier molecular flexibility index (Phi) is 6.06. The fraction of sp³-hybridized carbons (Fsp3) is 0.350. The molecule has 1 fully saturated rings. The number of rotatable bonds is 4. The summed E-state index contributed by atoms with van der Waals surface area (Å²) in [7, 11) is 0. The standard InChI is InChI=1S/C20H24N6O3/c1-13-11-18(19(29)26-9-7-25(8-10-26)15(3)28)24-20(21-13)23-17-6-4-5-16(12-17)22-14(2)27/h4-6,11-12H,7-10H2,1-3H3,(H,22,27)(H,21,23,24). The zero-order valence-electron chi connectivity index (χ0n) is 16.7. The topological polar surface area (TPSA) is 108 Å². The number of nitrogens with one attached hydrogen (secondary N) is 2. The molecular weight excluding hydrogens is 372 g/mol. The van der Waals surface area contributed by atoms with Crippen LogP contribution in [0.5, 0.6) is 0 Å². The number of aryl methyl sites for hydroxylation is 1. The molecule has 1 saturated heterocycles. The van der Waals surface area contributed by atoms with Gasteiger partial charge in [0.1, 0.15) is 5.69 Å². The Morgan fingerprint density at radius 3 is 2.24 bits per heavy atom. The summed E-state index contributed by atoms with van der Waals surface area (Å²) in [4.78, 5) is 47.7. The van der Waals surface area contributed by atoms with Gasteiger partial charge in [0.15, 0.2) is 0 Å². The van der Waals surface area contributed by atoms with Gasteiger partial charge in [-0.3, -0.25) is 14.4 Å². The number of hydrogen-bond donors (Lipinski definition) is 2. The number of benzene rings is 1. The van der Waals surface area contributed by atoms with E-state index in [2.05, 4.69) is 20.6 Å². The van der Waals surface area contributed by atoms with E-state index in [1.807, 2.05) is 6.07 Å². The largest absolute Gasteiger partial charge is 0.339 e. The molecule has 3 amide bonds. The predicted molar refractivity (Wildman–Crippen MR) is 109 cm³/mol. The molecule has 1 aliphatic rings. The minimum atomic E-state index is -0.186. The second kappa shape index (κ2) is 8.68. The van der Waals surface area contributed by atoms with Crippen molar-refractivity contribution in [1.82, 2.24) is 19.8 Å². The third-order valence-electron chi connectivity index (χ3n) is 4.52. The molecule has 1 aromatic heterocycles. The van der Waals surface area contributed by atoms with Crippen LogP contribution in [0.4, 0.5) is 17.3 Å². The van der Waals surface area contributed by atoms with Gasteiger partial charge in [-0.05, 0) is 31.2 Å². The second-order valence-electron chi connectivity index (χ2n) is 6.90. The number of anilines is 3. The van der Waals surface area contributed by atoms with Gasteiger partial charge >= 0.3 is 0 Å². The van der Waals surface area contributed by atoms with Crippen LogP contribution in [0.1, 0.15) is 30.0 Å². The predicted octanol–water partition coefficient (Wildman–Crippen LogP) is 1.79. The van der Waals surface area contributed by atoms with Gasteiger partial charge in [-0.1, -0.05) is 6.07 Å². The maximum atomic E-state index is 12.9. The maximum Gasteiger partial charge on any atom is 0.272 e. The lowest BCUT2D eigenvalue weighted by Crippen LogP contribution is -2.50. The maximum absolute atomic E-state index is 12.9. The summed E-state index contributed by atoms with van der Waals surface area (Å²) in [5, 5.41) is 5.80. The van der Waals surface area contributed by atoms with Gasteiger partial charge in [-0.2, -0.15) is 0 Å². The van der Waals surface area contributed by atoms with E-state index in [1.165, 1.54) is 13.8 Å². The lowest BCUT2D eigenvalue weighted by atomic mass is 10.2. The Bertz CT molecular complexity index is 938. The van der Waals surface area contributed by atoms with Crippen molar-refractivity contribution in [2.75, 3.05) is 36.8 Å². The number of nitrogens with zero attached hydrogens (tertiary/aromatic N) is 4. The lowest BCUT2D eigenvalue weighted by Gasteiger charge is -2.34. The van der Waals surface area contributed by atoms with Crippen LogP contribution in [0.2, 0.25) is 0 Å². The normalized spacial score (nSPS) is 13.8. The van der Waals surface area contributed by atoms with Crippen molar-refractivity contribution in [2.24, 2.45) is 0 Å². The molecule has 0 bridgehead atoms. The molecule has 1 aromatic carbocycles. The summed E-state index contributed by atoms with van der Waals surface area (Å²) in [5.41, 5.74) is 2.30. The minimum Gasteiger partial charge on any atom is -0.339 e. The van der Waals surface area contributed by atoms with E-state index in [1.54, 1.807) is 41.0 Å². The van der Waals surface area contributed by atoms with E-state index in [9.17, 15) is 14.4 Å². The molecule has 1 aliphatic heterocycles. The molecule has 0 aliphatic carbocycles. The van der Waals surface area contributed by atoms with Crippen LogP contribution in [-0.2, 0) is 9.59 Å². The first-order valence-electron chi connectivity index (χ1n) is 9.37. The molecule has 152 valence electrons. The Morgan fingerprint density at radius 1 is 0.931 bits per heavy atom. The molecule has 2 heterocycles. The average molecular weight is 396 g/mol. The highest BCUT2D eigenvalue weighted by molar-refractivity contribution is 5.93. The van der Waals surface area contributed by atoms with Crippen molar-refractivity contribution in [2.45, 2.75) is 20.8 Å². The van der Waals surface area contributed by atoms with Crippen LogP contribution >= 0.6 is 0 Å². The fourth-order valence-electron chi connectivity index (χ4n) is 3.13. The molecule has 2 aromatic rings. The monoisotopic (exact) mass is 396 g/mol. The zero-order valence-corrected chi connectivity index (χ0v) is 16.7. The molecule has 29 heavy (non-hydrogen) atoms. The summed E-state index contributed by atoms with van der Waals surface area (Å²) in [6, 6.07) is 8.80. The van der Waals surface area contributed by atoms with Crippen molar-refractivity contribution in [3.63, 3.8) is 0 Å². The SMILES string of the molecule is CC(=O)Nc1cccc(Nc2nc(C)cc(C(=O)N3CCN(C(C)=O)CC3)n2)c1. The summed E-state index contributed by atoms with van der Waals surface area (Å²) < 4.78 is 0. The third-order valence-corrected chi connectivity index (χ3v) is 4.52. The smallest absolute Gasteiger partial charge is 0.272 e. The molecule has 3 rings (SSSR count). The Balaban J connectivity index is 1.74. The molecule has 2 N–H and O–H groups in total. The van der Waals surface area contributed by atoms with Gasteiger partial charge in [-0.25, -0.2) is 9.97 Å². The highest BCUT2D eigenvalue weighted by Gasteiger charge is 2.24. The van der Waals surface area contributed by atoms with E-state index in [0.717, 1.165) is 0 Å². The quantitative estimate of drug-likeness (QED) is 0.816. The van der Waals surface area contributed by atoms with Gasteiger partial charge in [0.25, 0.3) is 5.91 Å². The molecule has 0 spiro atoms. The van der Waals surface area contributed by atoms with Gasteiger partial charge in [0, 0.05) is 57.1 Å². The van der Waals surface area contributed by atoms with E-state index < -0.39 is 0 Å². The lowest BCUT2D eigenvalue weighted by molar-refractivity contribution is -0.130. The van der Waals surface area contributed by atoms with Gasteiger partial charge in [0.2, 0.25) is 17.8 Å². The number of piperazine rings is 1. The van der Waals surface area contributed by atoms with Gasteiger partial charge < -0.3 is 20.4 Å². The van der Waals surface area contributed by atoms with Crippen LogP contribution in [0.3, 0.4) is 0 Å². The molecule has 9 nitrogen and oxygen atoms in total. The highest BCUT2D eigenvalue weighted by Crippen LogP contribution is 2.19. The van der Waals surface area contributed by atoms with E-state index in [0.29, 0.717) is 54.9 Å². The third kappa shape index (κ3) is 5.28.